The minimum absolute atomic E-state index is 0.374. The molecule has 0 aliphatic carbocycles. The maximum absolute atomic E-state index is 10.1. The number of halogens is 1. The highest BCUT2D eigenvalue weighted by molar-refractivity contribution is 9.10. The molecule has 106 valence electrons. The van der Waals surface area contributed by atoms with Crippen molar-refractivity contribution in [3.8, 4) is 5.75 Å². The summed E-state index contributed by atoms with van der Waals surface area (Å²) in [7, 11) is 1.60. The van der Waals surface area contributed by atoms with Crippen molar-refractivity contribution in [3.05, 3.63) is 64.1 Å². The van der Waals surface area contributed by atoms with Crippen LogP contribution in [0.4, 0.5) is 0 Å². The molecule has 2 aromatic rings. The van der Waals surface area contributed by atoms with Crippen LogP contribution < -0.4 is 4.74 Å². The maximum Gasteiger partial charge on any atom is 0.133 e. The van der Waals surface area contributed by atoms with Crippen molar-refractivity contribution >= 4 is 15.9 Å². The van der Waals surface area contributed by atoms with Crippen LogP contribution in [-0.2, 0) is 6.42 Å². The summed E-state index contributed by atoms with van der Waals surface area (Å²) in [5.74, 6) is 0.742. The number of methoxy groups -OCH3 is 1. The van der Waals surface area contributed by atoms with Gasteiger partial charge in [0, 0.05) is 6.42 Å². The van der Waals surface area contributed by atoms with E-state index in [0.29, 0.717) is 12.0 Å². The lowest BCUT2D eigenvalue weighted by Crippen LogP contribution is -2.20. The molecule has 0 bridgehead atoms. The second-order valence-corrected chi connectivity index (χ2v) is 5.45. The van der Waals surface area contributed by atoms with Crippen molar-refractivity contribution in [3.63, 3.8) is 0 Å². The molecule has 0 aliphatic rings. The predicted octanol–water partition coefficient (Wildman–Crippen LogP) is 3.09. The first-order chi connectivity index (χ1) is 9.61. The summed E-state index contributed by atoms with van der Waals surface area (Å²) < 4.78 is 6.00. The summed E-state index contributed by atoms with van der Waals surface area (Å²) in [5.41, 5.74) is 1.65. The molecule has 0 heterocycles. The lowest BCUT2D eigenvalue weighted by Gasteiger charge is -2.18. The molecule has 2 unspecified atom stereocenters. The van der Waals surface area contributed by atoms with E-state index in [0.717, 1.165) is 15.8 Å². The summed E-state index contributed by atoms with van der Waals surface area (Å²) >= 11 is 3.41. The van der Waals surface area contributed by atoms with Gasteiger partial charge in [-0.15, -0.1) is 0 Å². The predicted molar refractivity (Wildman–Crippen MR) is 81.8 cm³/mol. The standard InChI is InChI=1S/C16H17BrO3/c1-20-15-8-7-11(9-13(15)17)10-14(18)16(19)12-5-3-2-4-6-12/h2-9,14,16,18-19H,10H2,1H3. The molecule has 20 heavy (non-hydrogen) atoms. The van der Waals surface area contributed by atoms with E-state index in [9.17, 15) is 10.2 Å². The number of aliphatic hydroxyl groups is 2. The van der Waals surface area contributed by atoms with E-state index in [1.807, 2.05) is 36.4 Å². The van der Waals surface area contributed by atoms with Crippen molar-refractivity contribution in [1.82, 2.24) is 0 Å². The fourth-order valence-electron chi connectivity index (χ4n) is 2.06. The molecule has 0 saturated carbocycles. The molecule has 4 heteroatoms. The van der Waals surface area contributed by atoms with Gasteiger partial charge in [0.15, 0.2) is 0 Å². The quantitative estimate of drug-likeness (QED) is 0.882. The van der Waals surface area contributed by atoms with Gasteiger partial charge in [-0.2, -0.15) is 0 Å². The maximum atomic E-state index is 10.1. The molecule has 2 atom stereocenters. The van der Waals surface area contributed by atoms with Crippen LogP contribution in [0.1, 0.15) is 17.2 Å². The Morgan fingerprint density at radius 3 is 2.40 bits per heavy atom. The molecule has 2 aromatic carbocycles. The van der Waals surface area contributed by atoms with Gasteiger partial charge in [-0.25, -0.2) is 0 Å². The van der Waals surface area contributed by atoms with E-state index in [1.54, 1.807) is 19.2 Å². The van der Waals surface area contributed by atoms with Crippen molar-refractivity contribution in [2.24, 2.45) is 0 Å². The van der Waals surface area contributed by atoms with Crippen LogP contribution in [-0.4, -0.2) is 23.4 Å². The Hall–Kier alpha value is -1.36. The summed E-state index contributed by atoms with van der Waals surface area (Å²) in [4.78, 5) is 0. The van der Waals surface area contributed by atoms with Crippen LogP contribution in [0.3, 0.4) is 0 Å². The SMILES string of the molecule is COc1ccc(CC(O)C(O)c2ccccc2)cc1Br. The molecular weight excluding hydrogens is 320 g/mol. The van der Waals surface area contributed by atoms with Gasteiger partial charge in [-0.1, -0.05) is 36.4 Å². The highest BCUT2D eigenvalue weighted by atomic mass is 79.9. The molecule has 0 radical (unpaired) electrons. The second kappa shape index (κ2) is 6.88. The van der Waals surface area contributed by atoms with E-state index in [2.05, 4.69) is 15.9 Å². The number of ether oxygens (including phenoxy) is 1. The molecule has 0 fully saturated rings. The van der Waals surface area contributed by atoms with Crippen molar-refractivity contribution in [2.45, 2.75) is 18.6 Å². The van der Waals surface area contributed by atoms with Crippen LogP contribution in [0.5, 0.6) is 5.75 Å². The average Bonchev–Trinajstić information content (AvgIpc) is 2.47. The Labute approximate surface area is 127 Å². The Morgan fingerprint density at radius 1 is 1.10 bits per heavy atom. The molecule has 2 rings (SSSR count). The molecule has 0 aliphatic heterocycles. The summed E-state index contributed by atoms with van der Waals surface area (Å²) in [6, 6.07) is 14.8. The van der Waals surface area contributed by atoms with E-state index < -0.39 is 12.2 Å². The molecule has 0 saturated heterocycles. The van der Waals surface area contributed by atoms with Gasteiger partial charge in [-0.3, -0.25) is 0 Å². The first kappa shape index (κ1) is 15.0. The van der Waals surface area contributed by atoms with Gasteiger partial charge in [0.25, 0.3) is 0 Å². The fourth-order valence-corrected chi connectivity index (χ4v) is 2.65. The Balaban J connectivity index is 2.08. The van der Waals surface area contributed by atoms with Crippen molar-refractivity contribution in [2.75, 3.05) is 7.11 Å². The van der Waals surface area contributed by atoms with Gasteiger partial charge >= 0.3 is 0 Å². The molecule has 2 N–H and O–H groups in total. The van der Waals surface area contributed by atoms with Crippen molar-refractivity contribution in [1.29, 1.82) is 0 Å². The Morgan fingerprint density at radius 2 is 1.80 bits per heavy atom. The summed E-state index contributed by atoms with van der Waals surface area (Å²) in [6.45, 7) is 0. The third-order valence-electron chi connectivity index (χ3n) is 3.17. The third kappa shape index (κ3) is 3.60. The van der Waals surface area contributed by atoms with Crippen LogP contribution >= 0.6 is 15.9 Å². The van der Waals surface area contributed by atoms with Gasteiger partial charge in [-0.05, 0) is 39.2 Å². The number of hydrogen-bond donors (Lipinski definition) is 2. The molecule has 0 aromatic heterocycles. The number of rotatable bonds is 5. The largest absolute Gasteiger partial charge is 0.496 e. The van der Waals surface area contributed by atoms with E-state index in [1.165, 1.54) is 0 Å². The molecule has 0 amide bonds. The minimum Gasteiger partial charge on any atom is -0.496 e. The first-order valence-electron chi connectivity index (χ1n) is 6.35. The third-order valence-corrected chi connectivity index (χ3v) is 3.79. The highest BCUT2D eigenvalue weighted by Crippen LogP contribution is 2.27. The monoisotopic (exact) mass is 336 g/mol. The Kier molecular flexibility index (Phi) is 5.17. The highest BCUT2D eigenvalue weighted by Gasteiger charge is 2.18. The van der Waals surface area contributed by atoms with E-state index >= 15 is 0 Å². The Bertz CT molecular complexity index is 557. The minimum atomic E-state index is -0.892. The second-order valence-electron chi connectivity index (χ2n) is 4.60. The zero-order chi connectivity index (χ0) is 14.5. The van der Waals surface area contributed by atoms with E-state index in [4.69, 9.17) is 4.74 Å². The summed E-state index contributed by atoms with van der Waals surface area (Å²) in [6.07, 6.45) is -1.37. The fraction of sp³-hybridized carbons (Fsp3) is 0.250. The van der Waals surface area contributed by atoms with Gasteiger partial charge in [0.2, 0.25) is 0 Å². The normalized spacial score (nSPS) is 13.8. The summed E-state index contributed by atoms with van der Waals surface area (Å²) in [5, 5.41) is 20.3. The number of aliphatic hydroxyl groups excluding tert-OH is 2. The van der Waals surface area contributed by atoms with E-state index in [-0.39, 0.29) is 0 Å². The molecular formula is C16H17BrO3. The smallest absolute Gasteiger partial charge is 0.133 e. The van der Waals surface area contributed by atoms with Crippen LogP contribution in [0.15, 0.2) is 53.0 Å². The zero-order valence-electron chi connectivity index (χ0n) is 11.2. The topological polar surface area (TPSA) is 49.7 Å². The number of hydrogen-bond acceptors (Lipinski definition) is 3. The van der Waals surface area contributed by atoms with Gasteiger partial charge in [0.05, 0.1) is 17.7 Å². The lowest BCUT2D eigenvalue weighted by atomic mass is 9.98. The molecule has 0 spiro atoms. The van der Waals surface area contributed by atoms with Crippen LogP contribution in [0.25, 0.3) is 0 Å². The van der Waals surface area contributed by atoms with Crippen molar-refractivity contribution < 1.29 is 14.9 Å². The first-order valence-corrected chi connectivity index (χ1v) is 7.14. The average molecular weight is 337 g/mol. The van der Waals surface area contributed by atoms with Crippen LogP contribution in [0.2, 0.25) is 0 Å². The van der Waals surface area contributed by atoms with Crippen LogP contribution in [0, 0.1) is 0 Å². The lowest BCUT2D eigenvalue weighted by molar-refractivity contribution is 0.0189. The zero-order valence-corrected chi connectivity index (χ0v) is 12.7. The molecule has 3 nitrogen and oxygen atoms in total. The number of benzene rings is 2. The van der Waals surface area contributed by atoms with Gasteiger partial charge in [0.1, 0.15) is 11.9 Å². The van der Waals surface area contributed by atoms with Gasteiger partial charge < -0.3 is 14.9 Å².